The van der Waals surface area contributed by atoms with Gasteiger partial charge in [0.05, 0.1) is 5.01 Å². The molecule has 1 aromatic heterocycles. The lowest BCUT2D eigenvalue weighted by Gasteiger charge is -2.34. The molecule has 3 amide bonds. The highest BCUT2D eigenvalue weighted by Crippen LogP contribution is 2.28. The molecule has 2 atom stereocenters. The van der Waals surface area contributed by atoms with Gasteiger partial charge in [-0.2, -0.15) is 0 Å². The van der Waals surface area contributed by atoms with Gasteiger partial charge in [0.25, 0.3) is 0 Å². The molecule has 3 N–H and O–H groups in total. The summed E-state index contributed by atoms with van der Waals surface area (Å²) in [7, 11) is 0. The average Bonchev–Trinajstić information content (AvgIpc) is 3.05. The van der Waals surface area contributed by atoms with E-state index in [9.17, 15) is 14.4 Å². The molecule has 0 bridgehead atoms. The summed E-state index contributed by atoms with van der Waals surface area (Å²) in [6.45, 7) is 2.62. The van der Waals surface area contributed by atoms with Crippen LogP contribution >= 0.6 is 11.3 Å². The van der Waals surface area contributed by atoms with Crippen molar-refractivity contribution in [3.8, 4) is 0 Å². The van der Waals surface area contributed by atoms with Crippen LogP contribution in [0.3, 0.4) is 0 Å². The first kappa shape index (κ1) is 17.4. The van der Waals surface area contributed by atoms with Gasteiger partial charge in [-0.3, -0.25) is 14.4 Å². The number of carbonyl (C=O) groups is 3. The van der Waals surface area contributed by atoms with E-state index in [0.717, 1.165) is 17.8 Å². The standard InChI is InChI=1S/C15H22N4O3S/c1-10(20)18-12(4-5-13(16)21)15(22)19-7-2-3-11(9-19)14-17-6-8-23-14/h6,8,11-12H,2-5,7,9H2,1H3,(H2,16,21)(H,18,20)/t11-,12+/m1/s1. The molecule has 1 aromatic rings. The Morgan fingerprint density at radius 1 is 1.52 bits per heavy atom. The molecule has 8 heteroatoms. The minimum Gasteiger partial charge on any atom is -0.370 e. The number of likely N-dealkylation sites (tertiary alicyclic amines) is 1. The summed E-state index contributed by atoms with van der Waals surface area (Å²) in [5.74, 6) is -0.682. The molecule has 2 rings (SSSR count). The normalized spacial score (nSPS) is 19.2. The van der Waals surface area contributed by atoms with Crippen LogP contribution in [0.1, 0.15) is 43.5 Å². The maximum atomic E-state index is 12.7. The Kier molecular flexibility index (Phi) is 6.09. The van der Waals surface area contributed by atoms with E-state index < -0.39 is 11.9 Å². The summed E-state index contributed by atoms with van der Waals surface area (Å²) >= 11 is 1.60. The number of nitrogens with one attached hydrogen (secondary N) is 1. The van der Waals surface area contributed by atoms with Crippen LogP contribution in [-0.4, -0.2) is 46.7 Å². The van der Waals surface area contributed by atoms with Gasteiger partial charge >= 0.3 is 0 Å². The van der Waals surface area contributed by atoms with Crippen LogP contribution < -0.4 is 11.1 Å². The lowest BCUT2D eigenvalue weighted by atomic mass is 9.97. The molecule has 1 fully saturated rings. The maximum absolute atomic E-state index is 12.7. The number of hydrogen-bond acceptors (Lipinski definition) is 5. The van der Waals surface area contributed by atoms with Gasteiger partial charge in [-0.05, 0) is 19.3 Å². The lowest BCUT2D eigenvalue weighted by Crippen LogP contribution is -2.50. The zero-order valence-electron chi connectivity index (χ0n) is 13.2. The summed E-state index contributed by atoms with van der Waals surface area (Å²) in [5.41, 5.74) is 5.15. The van der Waals surface area contributed by atoms with Gasteiger partial charge in [-0.25, -0.2) is 4.98 Å². The quantitative estimate of drug-likeness (QED) is 0.793. The molecule has 23 heavy (non-hydrogen) atoms. The molecule has 1 aliphatic rings. The van der Waals surface area contributed by atoms with E-state index in [-0.39, 0.29) is 30.6 Å². The molecule has 7 nitrogen and oxygen atoms in total. The number of thiazole rings is 1. The van der Waals surface area contributed by atoms with Crippen molar-refractivity contribution in [2.75, 3.05) is 13.1 Å². The summed E-state index contributed by atoms with van der Waals surface area (Å²) in [6, 6.07) is -0.699. The number of aromatic nitrogens is 1. The van der Waals surface area contributed by atoms with Crippen LogP contribution in [0.4, 0.5) is 0 Å². The average molecular weight is 338 g/mol. The molecular formula is C15H22N4O3S. The summed E-state index contributed by atoms with van der Waals surface area (Å²) in [4.78, 5) is 41.1. The van der Waals surface area contributed by atoms with Gasteiger partial charge in [0.2, 0.25) is 17.7 Å². The van der Waals surface area contributed by atoms with Crippen molar-refractivity contribution in [3.05, 3.63) is 16.6 Å². The second-order valence-corrected chi connectivity index (χ2v) is 6.68. The minimum absolute atomic E-state index is 0.0699. The monoisotopic (exact) mass is 338 g/mol. The van der Waals surface area contributed by atoms with Crippen molar-refractivity contribution in [1.82, 2.24) is 15.2 Å². The molecular weight excluding hydrogens is 316 g/mol. The van der Waals surface area contributed by atoms with E-state index in [2.05, 4.69) is 10.3 Å². The van der Waals surface area contributed by atoms with Crippen molar-refractivity contribution in [2.24, 2.45) is 5.73 Å². The molecule has 0 radical (unpaired) electrons. The van der Waals surface area contributed by atoms with Gasteiger partial charge < -0.3 is 16.0 Å². The molecule has 1 saturated heterocycles. The van der Waals surface area contributed by atoms with Crippen molar-refractivity contribution in [2.45, 2.75) is 44.6 Å². The van der Waals surface area contributed by atoms with Gasteiger partial charge in [-0.1, -0.05) is 0 Å². The van der Waals surface area contributed by atoms with Crippen LogP contribution in [0.25, 0.3) is 0 Å². The first-order chi connectivity index (χ1) is 11.0. The Morgan fingerprint density at radius 3 is 2.91 bits per heavy atom. The fourth-order valence-corrected chi connectivity index (χ4v) is 3.59. The molecule has 0 saturated carbocycles. The molecule has 2 heterocycles. The number of carbonyl (C=O) groups excluding carboxylic acids is 3. The molecule has 0 spiro atoms. The largest absolute Gasteiger partial charge is 0.370 e. The first-order valence-electron chi connectivity index (χ1n) is 7.71. The van der Waals surface area contributed by atoms with Crippen molar-refractivity contribution < 1.29 is 14.4 Å². The van der Waals surface area contributed by atoms with E-state index in [4.69, 9.17) is 5.73 Å². The third kappa shape index (κ3) is 5.02. The third-order valence-corrected chi connectivity index (χ3v) is 4.83. The molecule has 0 aromatic carbocycles. The highest BCUT2D eigenvalue weighted by atomic mass is 32.1. The first-order valence-corrected chi connectivity index (χ1v) is 8.59. The highest BCUT2D eigenvalue weighted by Gasteiger charge is 2.30. The Balaban J connectivity index is 2.02. The molecule has 126 valence electrons. The van der Waals surface area contributed by atoms with Crippen LogP contribution in [-0.2, 0) is 14.4 Å². The molecule has 0 aliphatic carbocycles. The van der Waals surface area contributed by atoms with Gasteiger partial charge in [0, 0.05) is 43.9 Å². The van der Waals surface area contributed by atoms with Crippen LogP contribution in [0.5, 0.6) is 0 Å². The van der Waals surface area contributed by atoms with Crippen molar-refractivity contribution >= 4 is 29.1 Å². The third-order valence-electron chi connectivity index (χ3n) is 3.89. The number of amides is 3. The fraction of sp³-hybridized carbons (Fsp3) is 0.600. The Hall–Kier alpha value is -1.96. The maximum Gasteiger partial charge on any atom is 0.245 e. The lowest BCUT2D eigenvalue weighted by molar-refractivity contribution is -0.137. The topological polar surface area (TPSA) is 105 Å². The molecule has 1 aliphatic heterocycles. The van der Waals surface area contributed by atoms with Crippen molar-refractivity contribution in [3.63, 3.8) is 0 Å². The van der Waals surface area contributed by atoms with Gasteiger partial charge in [0.15, 0.2) is 0 Å². The summed E-state index contributed by atoms with van der Waals surface area (Å²) < 4.78 is 0. The summed E-state index contributed by atoms with van der Waals surface area (Å²) in [6.07, 6.45) is 3.97. The van der Waals surface area contributed by atoms with E-state index in [1.54, 1.807) is 22.4 Å². The van der Waals surface area contributed by atoms with E-state index in [1.807, 2.05) is 5.38 Å². The van der Waals surface area contributed by atoms with E-state index >= 15 is 0 Å². The predicted molar refractivity (Wildman–Crippen MR) is 86.7 cm³/mol. The highest BCUT2D eigenvalue weighted by molar-refractivity contribution is 7.09. The summed E-state index contributed by atoms with van der Waals surface area (Å²) in [5, 5.41) is 5.60. The number of hydrogen-bond donors (Lipinski definition) is 2. The number of nitrogens with zero attached hydrogens (tertiary/aromatic N) is 2. The zero-order valence-corrected chi connectivity index (χ0v) is 14.0. The van der Waals surface area contributed by atoms with Gasteiger partial charge in [0.1, 0.15) is 6.04 Å². The predicted octanol–water partition coefficient (Wildman–Crippen LogP) is 0.619. The van der Waals surface area contributed by atoms with E-state index in [1.165, 1.54) is 6.92 Å². The van der Waals surface area contributed by atoms with Crippen LogP contribution in [0.2, 0.25) is 0 Å². The number of primary amides is 1. The Labute approximate surface area is 139 Å². The second-order valence-electron chi connectivity index (χ2n) is 5.75. The Morgan fingerprint density at radius 2 is 2.30 bits per heavy atom. The number of piperidine rings is 1. The SMILES string of the molecule is CC(=O)N[C@@H](CCC(N)=O)C(=O)N1CCC[C@@H](c2nccs2)C1. The van der Waals surface area contributed by atoms with Gasteiger partial charge in [-0.15, -0.1) is 11.3 Å². The zero-order chi connectivity index (χ0) is 16.8. The van der Waals surface area contributed by atoms with Crippen LogP contribution in [0.15, 0.2) is 11.6 Å². The smallest absolute Gasteiger partial charge is 0.245 e. The molecule has 0 unspecified atom stereocenters. The van der Waals surface area contributed by atoms with Crippen molar-refractivity contribution in [1.29, 1.82) is 0 Å². The Bertz CT molecular complexity index is 561. The minimum atomic E-state index is -0.699. The fourth-order valence-electron chi connectivity index (χ4n) is 2.82. The second kappa shape index (κ2) is 8.05. The number of nitrogens with two attached hydrogens (primary N) is 1. The number of rotatable bonds is 6. The van der Waals surface area contributed by atoms with Crippen LogP contribution in [0, 0.1) is 0 Å². The van der Waals surface area contributed by atoms with E-state index in [0.29, 0.717) is 13.1 Å².